The molecule has 1 rings (SSSR count). The first-order chi connectivity index (χ1) is 15.8. The Hall–Kier alpha value is -3.14. The monoisotopic (exact) mass is 480 g/mol. The third kappa shape index (κ3) is 11.1. The Morgan fingerprint density at radius 1 is 1.03 bits per heavy atom. The number of alkyl carbamates (subject to hydrolysis) is 1. The molecular weight excluding hydrogens is 444 g/mol. The van der Waals surface area contributed by atoms with Crippen LogP contribution in [0.5, 0.6) is 0 Å². The SMILES string of the molecule is COC(=O)CCC(Cc1ccccc1)NC(=O)[C@@H](NC(=O)OC(C)(C)C)[C@@H](C)OC(=O)[C@@H](C)O. The van der Waals surface area contributed by atoms with Crippen LogP contribution in [0.2, 0.25) is 0 Å². The minimum Gasteiger partial charge on any atom is -0.469 e. The molecule has 10 nitrogen and oxygen atoms in total. The van der Waals surface area contributed by atoms with E-state index in [1.165, 1.54) is 21.0 Å². The van der Waals surface area contributed by atoms with Crippen LogP contribution in [0, 0.1) is 0 Å². The molecule has 2 amide bonds. The number of aliphatic hydroxyl groups is 1. The van der Waals surface area contributed by atoms with E-state index in [0.29, 0.717) is 6.42 Å². The molecule has 3 N–H and O–H groups in total. The Labute approximate surface area is 200 Å². The maximum atomic E-state index is 13.2. The molecule has 4 atom stereocenters. The van der Waals surface area contributed by atoms with Crippen LogP contribution in [0.3, 0.4) is 0 Å². The van der Waals surface area contributed by atoms with Crippen LogP contribution >= 0.6 is 0 Å². The summed E-state index contributed by atoms with van der Waals surface area (Å²) < 4.78 is 15.1. The van der Waals surface area contributed by atoms with E-state index in [0.717, 1.165) is 5.56 Å². The number of nitrogens with one attached hydrogen (secondary N) is 2. The van der Waals surface area contributed by atoms with E-state index in [1.807, 2.05) is 30.3 Å². The number of hydrogen-bond acceptors (Lipinski definition) is 8. The average Bonchev–Trinajstić information content (AvgIpc) is 2.74. The second kappa shape index (κ2) is 13.5. The highest BCUT2D eigenvalue weighted by Gasteiger charge is 2.33. The number of carbonyl (C=O) groups is 4. The highest BCUT2D eigenvalue weighted by atomic mass is 16.6. The van der Waals surface area contributed by atoms with Gasteiger partial charge in [0.05, 0.1) is 7.11 Å². The topological polar surface area (TPSA) is 140 Å². The summed E-state index contributed by atoms with van der Waals surface area (Å²) in [6.07, 6.45) is -2.61. The third-order valence-corrected chi connectivity index (χ3v) is 4.66. The Morgan fingerprint density at radius 2 is 1.65 bits per heavy atom. The maximum Gasteiger partial charge on any atom is 0.408 e. The molecule has 0 saturated heterocycles. The van der Waals surface area contributed by atoms with Gasteiger partial charge in [0.1, 0.15) is 23.9 Å². The summed E-state index contributed by atoms with van der Waals surface area (Å²) in [5, 5.41) is 14.7. The van der Waals surface area contributed by atoms with Gasteiger partial charge in [-0.2, -0.15) is 0 Å². The van der Waals surface area contributed by atoms with Crippen LogP contribution in [0.4, 0.5) is 4.79 Å². The molecular formula is C24H36N2O8. The molecule has 1 aromatic rings. The lowest BCUT2D eigenvalue weighted by Crippen LogP contribution is -2.56. The molecule has 0 aromatic heterocycles. The van der Waals surface area contributed by atoms with Gasteiger partial charge in [0, 0.05) is 12.5 Å². The van der Waals surface area contributed by atoms with E-state index in [4.69, 9.17) is 14.2 Å². The first-order valence-electron chi connectivity index (χ1n) is 11.1. The first-order valence-corrected chi connectivity index (χ1v) is 11.1. The van der Waals surface area contributed by atoms with Crippen molar-refractivity contribution in [3.05, 3.63) is 35.9 Å². The molecule has 190 valence electrons. The van der Waals surface area contributed by atoms with Crippen LogP contribution in [0.25, 0.3) is 0 Å². The maximum absolute atomic E-state index is 13.2. The lowest BCUT2D eigenvalue weighted by atomic mass is 10.0. The zero-order valence-corrected chi connectivity index (χ0v) is 20.6. The fourth-order valence-corrected chi connectivity index (χ4v) is 2.99. The molecule has 1 unspecified atom stereocenters. The van der Waals surface area contributed by atoms with Gasteiger partial charge in [-0.1, -0.05) is 30.3 Å². The molecule has 0 bridgehead atoms. The van der Waals surface area contributed by atoms with Crippen molar-refractivity contribution in [1.29, 1.82) is 0 Å². The standard InChI is InChI=1S/C24H36N2O8/c1-15(27)22(30)33-16(2)20(26-23(31)34-24(3,4)5)21(29)25-18(12-13-19(28)32-6)14-17-10-8-7-9-11-17/h7-11,15-16,18,20,27H,12-14H2,1-6H3,(H,25,29)(H,26,31)/t15-,16-,18?,20+/m1/s1. The first kappa shape index (κ1) is 28.9. The van der Waals surface area contributed by atoms with Crippen LogP contribution in [-0.4, -0.2) is 66.0 Å². The molecule has 34 heavy (non-hydrogen) atoms. The Balaban J connectivity index is 3.06. The van der Waals surface area contributed by atoms with Crippen molar-refractivity contribution in [3.63, 3.8) is 0 Å². The second-order valence-electron chi connectivity index (χ2n) is 8.95. The quantitative estimate of drug-likeness (QED) is 0.322. The average molecular weight is 481 g/mol. The molecule has 0 aliphatic heterocycles. The van der Waals surface area contributed by atoms with Crippen LogP contribution in [0.1, 0.15) is 53.0 Å². The molecule has 0 fully saturated rings. The van der Waals surface area contributed by atoms with Crippen molar-refractivity contribution in [3.8, 4) is 0 Å². The molecule has 0 spiro atoms. The van der Waals surface area contributed by atoms with Crippen LogP contribution < -0.4 is 10.6 Å². The fraction of sp³-hybridized carbons (Fsp3) is 0.583. The zero-order chi connectivity index (χ0) is 25.9. The molecule has 0 radical (unpaired) electrons. The number of rotatable bonds is 11. The lowest BCUT2D eigenvalue weighted by Gasteiger charge is -2.28. The van der Waals surface area contributed by atoms with Crippen LogP contribution in [-0.2, 0) is 35.0 Å². The van der Waals surface area contributed by atoms with Crippen molar-refractivity contribution in [2.75, 3.05) is 7.11 Å². The minimum absolute atomic E-state index is 0.0744. The third-order valence-electron chi connectivity index (χ3n) is 4.66. The van der Waals surface area contributed by atoms with Gasteiger partial charge in [-0.15, -0.1) is 0 Å². The summed E-state index contributed by atoms with van der Waals surface area (Å²) in [6.45, 7) is 7.65. The second-order valence-corrected chi connectivity index (χ2v) is 8.95. The predicted octanol–water partition coefficient (Wildman–Crippen LogP) is 1.87. The summed E-state index contributed by atoms with van der Waals surface area (Å²) in [7, 11) is 1.28. The Kier molecular flexibility index (Phi) is 11.5. The smallest absolute Gasteiger partial charge is 0.408 e. The van der Waals surface area contributed by atoms with Crippen molar-refractivity contribution in [1.82, 2.24) is 10.6 Å². The van der Waals surface area contributed by atoms with E-state index < -0.39 is 53.8 Å². The number of hydrogen-bond donors (Lipinski definition) is 3. The summed E-state index contributed by atoms with van der Waals surface area (Å²) in [4.78, 5) is 49.1. The fourth-order valence-electron chi connectivity index (χ4n) is 2.99. The predicted molar refractivity (Wildman–Crippen MR) is 124 cm³/mol. The van der Waals surface area contributed by atoms with E-state index in [2.05, 4.69) is 10.6 Å². The van der Waals surface area contributed by atoms with Crippen molar-refractivity contribution in [2.24, 2.45) is 0 Å². The normalized spacial score (nSPS) is 14.7. The van der Waals surface area contributed by atoms with Crippen LogP contribution in [0.15, 0.2) is 30.3 Å². The largest absolute Gasteiger partial charge is 0.469 e. The molecule has 0 aliphatic rings. The van der Waals surface area contributed by atoms with E-state index in [-0.39, 0.29) is 12.8 Å². The van der Waals surface area contributed by atoms with E-state index >= 15 is 0 Å². The van der Waals surface area contributed by atoms with Gasteiger partial charge in [-0.3, -0.25) is 9.59 Å². The van der Waals surface area contributed by atoms with Crippen molar-refractivity contribution < 1.29 is 38.5 Å². The lowest BCUT2D eigenvalue weighted by molar-refractivity contribution is -0.159. The highest BCUT2D eigenvalue weighted by Crippen LogP contribution is 2.12. The molecule has 0 saturated carbocycles. The van der Waals surface area contributed by atoms with E-state index in [1.54, 1.807) is 20.8 Å². The number of esters is 2. The number of carbonyl (C=O) groups excluding carboxylic acids is 4. The number of methoxy groups -OCH3 is 1. The number of amides is 2. The molecule has 10 heteroatoms. The summed E-state index contributed by atoms with van der Waals surface area (Å²) in [5.74, 6) is -2.00. The van der Waals surface area contributed by atoms with Gasteiger partial charge in [0.2, 0.25) is 5.91 Å². The number of aliphatic hydroxyl groups excluding tert-OH is 1. The summed E-state index contributed by atoms with van der Waals surface area (Å²) >= 11 is 0. The molecule has 0 aliphatic carbocycles. The van der Waals surface area contributed by atoms with Gasteiger partial charge in [0.15, 0.2) is 0 Å². The van der Waals surface area contributed by atoms with Crippen molar-refractivity contribution in [2.45, 2.75) is 83.8 Å². The highest BCUT2D eigenvalue weighted by molar-refractivity contribution is 5.87. The van der Waals surface area contributed by atoms with E-state index in [9.17, 15) is 24.3 Å². The zero-order valence-electron chi connectivity index (χ0n) is 20.6. The van der Waals surface area contributed by atoms with Gasteiger partial charge >= 0.3 is 18.0 Å². The molecule has 1 aromatic carbocycles. The summed E-state index contributed by atoms with van der Waals surface area (Å²) in [5.41, 5.74) is 0.115. The number of ether oxygens (including phenoxy) is 3. The van der Waals surface area contributed by atoms with Crippen molar-refractivity contribution >= 4 is 23.9 Å². The summed E-state index contributed by atoms with van der Waals surface area (Å²) in [6, 6.07) is 7.58. The van der Waals surface area contributed by atoms with Gasteiger partial charge in [-0.25, -0.2) is 9.59 Å². The molecule has 0 heterocycles. The van der Waals surface area contributed by atoms with Gasteiger partial charge in [0.25, 0.3) is 0 Å². The minimum atomic E-state index is -1.40. The number of benzene rings is 1. The van der Waals surface area contributed by atoms with Gasteiger partial charge < -0.3 is 30.0 Å². The van der Waals surface area contributed by atoms with Gasteiger partial charge in [-0.05, 0) is 53.0 Å². The Bertz CT molecular complexity index is 820. The Morgan fingerprint density at radius 3 is 2.18 bits per heavy atom.